The van der Waals surface area contributed by atoms with Crippen molar-refractivity contribution in [2.75, 3.05) is 58.7 Å². The normalized spacial score (nSPS) is 10.7. The molecule has 0 unspecified atom stereocenters. The summed E-state index contributed by atoms with van der Waals surface area (Å²) in [5.41, 5.74) is 2.93. The van der Waals surface area contributed by atoms with Crippen LogP contribution >= 0.6 is 0 Å². The van der Waals surface area contributed by atoms with Crippen molar-refractivity contribution in [1.82, 2.24) is 0 Å². The van der Waals surface area contributed by atoms with Gasteiger partial charge in [0.15, 0.2) is 0 Å². The van der Waals surface area contributed by atoms with Gasteiger partial charge in [-0.05, 0) is 25.0 Å². The summed E-state index contributed by atoms with van der Waals surface area (Å²) in [6.07, 6.45) is 0. The van der Waals surface area contributed by atoms with Gasteiger partial charge in [0.1, 0.15) is 6.61 Å². The van der Waals surface area contributed by atoms with Crippen LogP contribution in [0.5, 0.6) is 0 Å². The molecule has 1 aromatic rings. The predicted molar refractivity (Wildman–Crippen MR) is 88.9 cm³/mol. The van der Waals surface area contributed by atoms with Gasteiger partial charge in [-0.1, -0.05) is 18.2 Å². The zero-order valence-corrected chi connectivity index (χ0v) is 14.2. The fourth-order valence-corrected chi connectivity index (χ4v) is 1.93. The third-order valence-corrected chi connectivity index (χ3v) is 3.15. The number of benzene rings is 1. The van der Waals surface area contributed by atoms with Crippen LogP contribution in [0.1, 0.15) is 11.1 Å². The molecule has 130 valence electrons. The monoisotopic (exact) mass is 325 g/mol. The van der Waals surface area contributed by atoms with Crippen molar-refractivity contribution >= 4 is 11.6 Å². The number of rotatable bonds is 12. The number of methoxy groups -OCH3 is 1. The van der Waals surface area contributed by atoms with Crippen molar-refractivity contribution in [3.63, 3.8) is 0 Å². The lowest BCUT2D eigenvalue weighted by Gasteiger charge is -2.11. The van der Waals surface area contributed by atoms with Gasteiger partial charge in [0.05, 0.1) is 39.6 Å². The van der Waals surface area contributed by atoms with E-state index in [9.17, 15) is 4.79 Å². The zero-order valence-electron chi connectivity index (χ0n) is 14.2. The quantitative estimate of drug-likeness (QED) is 0.595. The lowest BCUT2D eigenvalue weighted by Crippen LogP contribution is -2.21. The summed E-state index contributed by atoms with van der Waals surface area (Å²) in [5.74, 6) is -0.162. The Labute approximate surface area is 138 Å². The minimum Gasteiger partial charge on any atom is -0.382 e. The number of carbonyl (C=O) groups is 1. The van der Waals surface area contributed by atoms with E-state index in [1.54, 1.807) is 7.11 Å². The first-order chi connectivity index (χ1) is 11.1. The molecule has 0 aliphatic rings. The van der Waals surface area contributed by atoms with Gasteiger partial charge in [-0.15, -0.1) is 0 Å². The molecular weight excluding hydrogens is 298 g/mol. The molecule has 0 saturated heterocycles. The molecule has 1 aromatic carbocycles. The second kappa shape index (κ2) is 12.0. The Morgan fingerprint density at radius 1 is 0.913 bits per heavy atom. The van der Waals surface area contributed by atoms with E-state index >= 15 is 0 Å². The first-order valence-corrected chi connectivity index (χ1v) is 7.73. The maximum absolute atomic E-state index is 11.8. The highest BCUT2D eigenvalue weighted by Crippen LogP contribution is 2.19. The number of para-hydroxylation sites is 1. The van der Waals surface area contributed by atoms with E-state index in [4.69, 9.17) is 18.9 Å². The molecule has 0 heterocycles. The van der Waals surface area contributed by atoms with Crippen LogP contribution < -0.4 is 5.32 Å². The molecular formula is C17H27NO5. The van der Waals surface area contributed by atoms with E-state index < -0.39 is 0 Å². The summed E-state index contributed by atoms with van der Waals surface area (Å²) in [6, 6.07) is 5.89. The van der Waals surface area contributed by atoms with Crippen molar-refractivity contribution in [2.24, 2.45) is 0 Å². The number of nitrogens with one attached hydrogen (secondary N) is 1. The number of amides is 1. The van der Waals surface area contributed by atoms with Gasteiger partial charge in [0.25, 0.3) is 0 Å². The third-order valence-electron chi connectivity index (χ3n) is 3.15. The molecule has 0 aliphatic heterocycles. The van der Waals surface area contributed by atoms with Crippen LogP contribution in [0.25, 0.3) is 0 Å². The van der Waals surface area contributed by atoms with Crippen LogP contribution in [0.4, 0.5) is 5.69 Å². The number of hydrogen-bond acceptors (Lipinski definition) is 5. The van der Waals surface area contributed by atoms with E-state index in [0.29, 0.717) is 39.6 Å². The van der Waals surface area contributed by atoms with Gasteiger partial charge in [0, 0.05) is 12.8 Å². The summed E-state index contributed by atoms with van der Waals surface area (Å²) >= 11 is 0. The molecule has 6 heteroatoms. The number of carbonyl (C=O) groups excluding carboxylic acids is 1. The minimum atomic E-state index is -0.162. The van der Waals surface area contributed by atoms with Crippen LogP contribution in [0, 0.1) is 13.8 Å². The van der Waals surface area contributed by atoms with Crippen molar-refractivity contribution in [2.45, 2.75) is 13.8 Å². The number of aryl methyl sites for hydroxylation is 2. The molecule has 0 aromatic heterocycles. The first-order valence-electron chi connectivity index (χ1n) is 7.73. The van der Waals surface area contributed by atoms with Crippen molar-refractivity contribution in [3.05, 3.63) is 29.3 Å². The van der Waals surface area contributed by atoms with Gasteiger partial charge < -0.3 is 24.3 Å². The summed E-state index contributed by atoms with van der Waals surface area (Å²) in [6.45, 7) is 6.92. The maximum atomic E-state index is 11.8. The van der Waals surface area contributed by atoms with Gasteiger partial charge in [0.2, 0.25) is 5.91 Å². The average molecular weight is 325 g/mol. The van der Waals surface area contributed by atoms with E-state index in [1.165, 1.54) is 0 Å². The Balaban J connectivity index is 2.04. The van der Waals surface area contributed by atoms with E-state index in [-0.39, 0.29) is 12.5 Å². The van der Waals surface area contributed by atoms with Gasteiger partial charge in [-0.2, -0.15) is 0 Å². The van der Waals surface area contributed by atoms with Crippen molar-refractivity contribution in [3.8, 4) is 0 Å². The maximum Gasteiger partial charge on any atom is 0.250 e. The fraction of sp³-hybridized carbons (Fsp3) is 0.588. The van der Waals surface area contributed by atoms with Gasteiger partial charge >= 0.3 is 0 Å². The highest BCUT2D eigenvalue weighted by Gasteiger charge is 2.07. The molecule has 0 radical (unpaired) electrons. The van der Waals surface area contributed by atoms with Crippen LogP contribution in [0.15, 0.2) is 18.2 Å². The lowest BCUT2D eigenvalue weighted by atomic mass is 10.1. The lowest BCUT2D eigenvalue weighted by molar-refractivity contribution is -0.121. The SMILES string of the molecule is COCCOCCOCCOCC(=O)Nc1c(C)cccc1C. The highest BCUT2D eigenvalue weighted by atomic mass is 16.6. The largest absolute Gasteiger partial charge is 0.382 e. The standard InChI is InChI=1S/C17H27NO5/c1-14-5-4-6-15(2)17(14)18-16(19)13-23-12-11-22-10-9-21-8-7-20-3/h4-6H,7-13H2,1-3H3,(H,18,19). The molecule has 6 nitrogen and oxygen atoms in total. The topological polar surface area (TPSA) is 66.0 Å². The van der Waals surface area contributed by atoms with E-state index in [2.05, 4.69) is 5.32 Å². The summed E-state index contributed by atoms with van der Waals surface area (Å²) in [4.78, 5) is 11.8. The molecule has 0 saturated carbocycles. The van der Waals surface area contributed by atoms with Crippen molar-refractivity contribution < 1.29 is 23.7 Å². The molecule has 1 N–H and O–H groups in total. The minimum absolute atomic E-state index is 0.0154. The number of hydrogen-bond donors (Lipinski definition) is 1. The van der Waals surface area contributed by atoms with E-state index in [1.807, 2.05) is 32.0 Å². The molecule has 0 spiro atoms. The van der Waals surface area contributed by atoms with Crippen LogP contribution in [-0.2, 0) is 23.7 Å². The first kappa shape index (κ1) is 19.6. The van der Waals surface area contributed by atoms with E-state index in [0.717, 1.165) is 16.8 Å². The Kier molecular flexibility index (Phi) is 10.2. The molecule has 0 bridgehead atoms. The molecule has 0 atom stereocenters. The Bertz CT molecular complexity index is 444. The Morgan fingerprint density at radius 3 is 2.00 bits per heavy atom. The number of anilines is 1. The summed E-state index contributed by atoms with van der Waals surface area (Å²) in [7, 11) is 1.63. The number of ether oxygens (including phenoxy) is 4. The molecule has 0 fully saturated rings. The summed E-state index contributed by atoms with van der Waals surface area (Å²) < 4.78 is 20.7. The van der Waals surface area contributed by atoms with Crippen LogP contribution in [-0.4, -0.2) is 59.3 Å². The van der Waals surface area contributed by atoms with Crippen LogP contribution in [0.3, 0.4) is 0 Å². The average Bonchev–Trinajstić information content (AvgIpc) is 2.53. The smallest absolute Gasteiger partial charge is 0.250 e. The predicted octanol–water partition coefficient (Wildman–Crippen LogP) is 1.94. The third kappa shape index (κ3) is 8.66. The highest BCUT2D eigenvalue weighted by molar-refractivity contribution is 5.93. The fourth-order valence-electron chi connectivity index (χ4n) is 1.93. The second-order valence-corrected chi connectivity index (χ2v) is 5.09. The Morgan fingerprint density at radius 2 is 1.43 bits per heavy atom. The molecule has 1 amide bonds. The molecule has 1 rings (SSSR count). The molecule has 23 heavy (non-hydrogen) atoms. The summed E-state index contributed by atoms with van der Waals surface area (Å²) in [5, 5.41) is 2.87. The zero-order chi connectivity index (χ0) is 16.9. The molecule has 0 aliphatic carbocycles. The van der Waals surface area contributed by atoms with Gasteiger partial charge in [-0.3, -0.25) is 4.79 Å². The second-order valence-electron chi connectivity index (χ2n) is 5.09. The Hall–Kier alpha value is -1.47. The van der Waals surface area contributed by atoms with Crippen LogP contribution in [0.2, 0.25) is 0 Å². The van der Waals surface area contributed by atoms with Gasteiger partial charge in [-0.25, -0.2) is 0 Å². The van der Waals surface area contributed by atoms with Crippen molar-refractivity contribution in [1.29, 1.82) is 0 Å².